The highest BCUT2D eigenvalue weighted by molar-refractivity contribution is 7.16. The van der Waals surface area contributed by atoms with Crippen LogP contribution in [-0.4, -0.2) is 17.8 Å². The molecule has 2 N–H and O–H groups in total. The fourth-order valence-electron chi connectivity index (χ4n) is 1.17. The lowest BCUT2D eigenvalue weighted by atomic mass is 10.2. The van der Waals surface area contributed by atoms with E-state index in [0.29, 0.717) is 6.04 Å². The number of thiophene rings is 1. The lowest BCUT2D eigenvalue weighted by Crippen LogP contribution is -2.21. The number of nitrogens with one attached hydrogen (secondary N) is 1. The van der Waals surface area contributed by atoms with Crippen LogP contribution in [-0.2, 0) is 0 Å². The number of hydrogen-bond donors (Lipinski definition) is 2. The van der Waals surface area contributed by atoms with Crippen LogP contribution in [0.15, 0.2) is 12.1 Å². The van der Waals surface area contributed by atoms with Crippen LogP contribution in [0.5, 0.6) is 0 Å². The van der Waals surface area contributed by atoms with Crippen LogP contribution in [0.2, 0.25) is 4.34 Å². The first-order valence-corrected chi connectivity index (χ1v) is 5.95. The van der Waals surface area contributed by atoms with Crippen molar-refractivity contribution in [3.8, 4) is 0 Å². The molecular formula is C10H16ClNOS. The van der Waals surface area contributed by atoms with Gasteiger partial charge in [-0.3, -0.25) is 0 Å². The Morgan fingerprint density at radius 1 is 1.50 bits per heavy atom. The lowest BCUT2D eigenvalue weighted by molar-refractivity contribution is 0.182. The van der Waals surface area contributed by atoms with E-state index in [1.807, 2.05) is 12.1 Å². The van der Waals surface area contributed by atoms with E-state index in [-0.39, 0.29) is 6.10 Å². The Hall–Kier alpha value is -0.0900. The minimum absolute atomic E-state index is 0.235. The Kier molecular flexibility index (Phi) is 4.89. The molecule has 0 spiro atoms. The Morgan fingerprint density at radius 3 is 2.71 bits per heavy atom. The molecule has 0 fully saturated rings. The molecule has 1 aromatic heterocycles. The molecule has 4 heteroatoms. The fourth-order valence-corrected chi connectivity index (χ4v) is 2.26. The predicted octanol–water partition coefficient (Wildman–Crippen LogP) is 2.82. The van der Waals surface area contributed by atoms with E-state index in [1.54, 1.807) is 18.3 Å². The van der Waals surface area contributed by atoms with Crippen LogP contribution in [0.1, 0.15) is 31.2 Å². The van der Waals surface area contributed by atoms with Gasteiger partial charge < -0.3 is 10.4 Å². The van der Waals surface area contributed by atoms with E-state index in [9.17, 15) is 0 Å². The number of halogens is 1. The van der Waals surface area contributed by atoms with Crippen molar-refractivity contribution < 1.29 is 5.11 Å². The van der Waals surface area contributed by atoms with Crippen molar-refractivity contribution >= 4 is 22.9 Å². The molecule has 0 saturated carbocycles. The Bertz CT molecular complexity index is 275. The highest BCUT2D eigenvalue weighted by Crippen LogP contribution is 2.26. The molecule has 0 bridgehead atoms. The molecule has 0 saturated heterocycles. The third-order valence-electron chi connectivity index (χ3n) is 2.03. The molecule has 0 aromatic carbocycles. The monoisotopic (exact) mass is 233 g/mol. The summed E-state index contributed by atoms with van der Waals surface area (Å²) < 4.78 is 0.823. The average Bonchev–Trinajstić information content (AvgIpc) is 2.51. The second-order valence-corrected chi connectivity index (χ2v) is 5.20. The quantitative estimate of drug-likeness (QED) is 0.820. The summed E-state index contributed by atoms with van der Waals surface area (Å²) in [6.45, 7) is 4.73. The number of aliphatic hydroxyl groups excluding tert-OH is 1. The number of hydrogen-bond acceptors (Lipinski definition) is 3. The van der Waals surface area contributed by atoms with E-state index in [0.717, 1.165) is 17.3 Å². The van der Waals surface area contributed by atoms with Gasteiger partial charge in [0.25, 0.3) is 0 Å². The molecule has 1 aromatic rings. The summed E-state index contributed by atoms with van der Waals surface area (Å²) in [7, 11) is 0. The summed E-state index contributed by atoms with van der Waals surface area (Å²) in [6, 6.07) is 4.26. The number of rotatable bonds is 5. The van der Waals surface area contributed by atoms with Crippen LogP contribution in [0.25, 0.3) is 0 Å². The minimum Gasteiger partial charge on any atom is -0.393 e. The first kappa shape index (κ1) is 12.0. The molecule has 0 aliphatic heterocycles. The summed E-state index contributed by atoms with van der Waals surface area (Å²) in [5, 5.41) is 12.4. The van der Waals surface area contributed by atoms with Crippen molar-refractivity contribution in [2.45, 2.75) is 32.4 Å². The van der Waals surface area contributed by atoms with Gasteiger partial charge in [-0.15, -0.1) is 11.3 Å². The van der Waals surface area contributed by atoms with Gasteiger partial charge in [-0.05, 0) is 38.9 Å². The largest absolute Gasteiger partial charge is 0.393 e. The molecule has 1 rings (SSSR count). The first-order valence-electron chi connectivity index (χ1n) is 4.76. The van der Waals surface area contributed by atoms with Crippen molar-refractivity contribution in [3.05, 3.63) is 21.3 Å². The zero-order chi connectivity index (χ0) is 10.6. The maximum Gasteiger partial charge on any atom is 0.0931 e. The van der Waals surface area contributed by atoms with Gasteiger partial charge in [0.15, 0.2) is 0 Å². The molecule has 0 radical (unpaired) electrons. The van der Waals surface area contributed by atoms with Gasteiger partial charge in [-0.2, -0.15) is 0 Å². The molecule has 0 aliphatic rings. The topological polar surface area (TPSA) is 32.3 Å². The summed E-state index contributed by atoms with van der Waals surface area (Å²) in [4.78, 5) is 1.24. The summed E-state index contributed by atoms with van der Waals surface area (Å²) in [5.74, 6) is 0. The summed E-state index contributed by atoms with van der Waals surface area (Å²) in [6.07, 6.45) is 0.547. The van der Waals surface area contributed by atoms with E-state index < -0.39 is 0 Å². The predicted molar refractivity (Wildman–Crippen MR) is 62.0 cm³/mol. The van der Waals surface area contributed by atoms with Crippen molar-refractivity contribution in [1.82, 2.24) is 5.32 Å². The molecule has 2 atom stereocenters. The third-order valence-corrected chi connectivity index (χ3v) is 3.45. The van der Waals surface area contributed by atoms with Crippen molar-refractivity contribution in [2.75, 3.05) is 6.54 Å². The zero-order valence-corrected chi connectivity index (χ0v) is 10.0. The van der Waals surface area contributed by atoms with Gasteiger partial charge in [-0.1, -0.05) is 11.6 Å². The van der Waals surface area contributed by atoms with Crippen LogP contribution >= 0.6 is 22.9 Å². The van der Waals surface area contributed by atoms with E-state index >= 15 is 0 Å². The highest BCUT2D eigenvalue weighted by Gasteiger charge is 2.07. The molecular weight excluding hydrogens is 218 g/mol. The normalized spacial score (nSPS) is 15.4. The molecule has 0 amide bonds. The molecule has 1 heterocycles. The van der Waals surface area contributed by atoms with E-state index in [4.69, 9.17) is 16.7 Å². The summed E-state index contributed by atoms with van der Waals surface area (Å²) in [5.41, 5.74) is 0. The second-order valence-electron chi connectivity index (χ2n) is 3.46. The highest BCUT2D eigenvalue weighted by atomic mass is 35.5. The second kappa shape index (κ2) is 5.71. The smallest absolute Gasteiger partial charge is 0.0931 e. The minimum atomic E-state index is -0.235. The molecule has 2 nitrogen and oxygen atoms in total. The molecule has 0 unspecified atom stereocenters. The lowest BCUT2D eigenvalue weighted by Gasteiger charge is -2.12. The Balaban J connectivity index is 2.32. The molecule has 14 heavy (non-hydrogen) atoms. The first-order chi connectivity index (χ1) is 6.59. The van der Waals surface area contributed by atoms with Crippen LogP contribution < -0.4 is 5.32 Å². The van der Waals surface area contributed by atoms with Gasteiger partial charge in [-0.25, -0.2) is 0 Å². The maximum atomic E-state index is 9.08. The Labute approximate surface area is 93.9 Å². The van der Waals surface area contributed by atoms with Gasteiger partial charge in [0.05, 0.1) is 10.4 Å². The van der Waals surface area contributed by atoms with Gasteiger partial charge >= 0.3 is 0 Å². The molecule has 0 aliphatic carbocycles. The van der Waals surface area contributed by atoms with Gasteiger partial charge in [0, 0.05) is 10.9 Å². The average molecular weight is 234 g/mol. The molecule has 80 valence electrons. The standard InChI is InChI=1S/C10H16ClNOS/c1-7(13)5-6-12-8(2)9-3-4-10(11)14-9/h3-4,7-8,12-13H,5-6H2,1-2H3/t7-,8+/m0/s1. The van der Waals surface area contributed by atoms with Gasteiger partial charge in [0.2, 0.25) is 0 Å². The third kappa shape index (κ3) is 3.96. The van der Waals surface area contributed by atoms with Gasteiger partial charge in [0.1, 0.15) is 0 Å². The van der Waals surface area contributed by atoms with Crippen molar-refractivity contribution in [2.24, 2.45) is 0 Å². The fraction of sp³-hybridized carbons (Fsp3) is 0.600. The van der Waals surface area contributed by atoms with E-state index in [2.05, 4.69) is 12.2 Å². The SMILES string of the molecule is C[C@H](O)CCN[C@H](C)c1ccc(Cl)s1. The maximum absolute atomic E-state index is 9.08. The van der Waals surface area contributed by atoms with Crippen LogP contribution in [0.4, 0.5) is 0 Å². The zero-order valence-electron chi connectivity index (χ0n) is 8.46. The number of aliphatic hydroxyl groups is 1. The van der Waals surface area contributed by atoms with Crippen molar-refractivity contribution in [1.29, 1.82) is 0 Å². The van der Waals surface area contributed by atoms with Crippen molar-refractivity contribution in [3.63, 3.8) is 0 Å². The van der Waals surface area contributed by atoms with E-state index in [1.165, 1.54) is 4.88 Å². The summed E-state index contributed by atoms with van der Waals surface area (Å²) >= 11 is 7.43. The van der Waals surface area contributed by atoms with Crippen LogP contribution in [0, 0.1) is 0 Å². The Morgan fingerprint density at radius 2 is 2.21 bits per heavy atom. The van der Waals surface area contributed by atoms with Crippen LogP contribution in [0.3, 0.4) is 0 Å².